The first-order valence-electron chi connectivity index (χ1n) is 7.40. The molecule has 0 aliphatic carbocycles. The Hall–Kier alpha value is -2.40. The van der Waals surface area contributed by atoms with Crippen LogP contribution in [0.2, 0.25) is 0 Å². The molecular formula is C18H18N4S. The van der Waals surface area contributed by atoms with Crippen LogP contribution in [0.4, 0.5) is 0 Å². The molecule has 0 atom stereocenters. The SMILES string of the molecule is Cc1ccc(CSc2nncn2/N=C\c2cccc(C)c2)cc1. The number of benzene rings is 2. The van der Waals surface area contributed by atoms with Gasteiger partial charge >= 0.3 is 0 Å². The Balaban J connectivity index is 1.68. The number of aromatic nitrogens is 3. The van der Waals surface area contributed by atoms with E-state index in [1.54, 1.807) is 22.8 Å². The monoisotopic (exact) mass is 322 g/mol. The molecule has 0 fully saturated rings. The summed E-state index contributed by atoms with van der Waals surface area (Å²) in [5.74, 6) is 0.846. The summed E-state index contributed by atoms with van der Waals surface area (Å²) in [5.41, 5.74) is 4.81. The highest BCUT2D eigenvalue weighted by Gasteiger charge is 2.04. The van der Waals surface area contributed by atoms with Crippen molar-refractivity contribution in [1.29, 1.82) is 0 Å². The van der Waals surface area contributed by atoms with E-state index in [9.17, 15) is 0 Å². The van der Waals surface area contributed by atoms with Crippen molar-refractivity contribution in [3.05, 3.63) is 77.1 Å². The molecule has 0 aliphatic heterocycles. The first kappa shape index (κ1) is 15.5. The number of hydrogen-bond donors (Lipinski definition) is 0. The van der Waals surface area contributed by atoms with E-state index in [0.29, 0.717) is 0 Å². The molecule has 0 saturated carbocycles. The Bertz CT molecular complexity index is 806. The van der Waals surface area contributed by atoms with Crippen LogP contribution in [0.1, 0.15) is 22.3 Å². The smallest absolute Gasteiger partial charge is 0.195 e. The summed E-state index contributed by atoms with van der Waals surface area (Å²) in [6.07, 6.45) is 3.45. The lowest BCUT2D eigenvalue weighted by Crippen LogP contribution is -1.93. The van der Waals surface area contributed by atoms with Crippen molar-refractivity contribution < 1.29 is 0 Å². The third kappa shape index (κ3) is 4.29. The van der Waals surface area contributed by atoms with Gasteiger partial charge in [-0.15, -0.1) is 10.2 Å². The molecule has 0 spiro atoms. The minimum Gasteiger partial charge on any atom is -0.195 e. The molecule has 0 unspecified atom stereocenters. The predicted octanol–water partition coefficient (Wildman–Crippen LogP) is 4.07. The van der Waals surface area contributed by atoms with Crippen LogP contribution >= 0.6 is 11.8 Å². The molecule has 0 aliphatic rings. The van der Waals surface area contributed by atoms with Gasteiger partial charge in [-0.05, 0) is 25.0 Å². The molecule has 2 aromatic carbocycles. The lowest BCUT2D eigenvalue weighted by molar-refractivity contribution is 0.767. The summed E-state index contributed by atoms with van der Waals surface area (Å²) in [4.78, 5) is 0. The van der Waals surface area contributed by atoms with E-state index >= 15 is 0 Å². The molecule has 5 heteroatoms. The summed E-state index contributed by atoms with van der Waals surface area (Å²) in [6, 6.07) is 16.7. The van der Waals surface area contributed by atoms with E-state index in [1.165, 1.54) is 16.7 Å². The molecule has 1 aromatic heterocycles. The fourth-order valence-electron chi connectivity index (χ4n) is 2.11. The van der Waals surface area contributed by atoms with Gasteiger partial charge in [0.25, 0.3) is 0 Å². The van der Waals surface area contributed by atoms with Crippen LogP contribution in [-0.2, 0) is 5.75 Å². The summed E-state index contributed by atoms with van der Waals surface area (Å²) in [5, 5.41) is 13.3. The zero-order valence-corrected chi connectivity index (χ0v) is 14.0. The lowest BCUT2D eigenvalue weighted by Gasteiger charge is -2.02. The number of thioether (sulfide) groups is 1. The van der Waals surface area contributed by atoms with E-state index in [0.717, 1.165) is 16.5 Å². The van der Waals surface area contributed by atoms with Gasteiger partial charge in [0.15, 0.2) is 0 Å². The fraction of sp³-hybridized carbons (Fsp3) is 0.167. The average Bonchev–Trinajstić information content (AvgIpc) is 3.00. The third-order valence-corrected chi connectivity index (χ3v) is 4.37. The number of nitrogens with zero attached hydrogens (tertiary/aromatic N) is 4. The fourth-order valence-corrected chi connectivity index (χ4v) is 2.92. The van der Waals surface area contributed by atoms with Gasteiger partial charge in [-0.2, -0.15) is 9.78 Å². The van der Waals surface area contributed by atoms with Gasteiger partial charge in [-0.3, -0.25) is 0 Å². The molecule has 1 heterocycles. The van der Waals surface area contributed by atoms with Gasteiger partial charge in [0.1, 0.15) is 6.33 Å². The van der Waals surface area contributed by atoms with Gasteiger partial charge in [0, 0.05) is 5.75 Å². The van der Waals surface area contributed by atoms with Crippen LogP contribution in [0.3, 0.4) is 0 Å². The minimum atomic E-state index is 0.787. The van der Waals surface area contributed by atoms with Crippen molar-refractivity contribution in [2.45, 2.75) is 24.8 Å². The third-order valence-electron chi connectivity index (χ3n) is 3.36. The van der Waals surface area contributed by atoms with Crippen LogP contribution in [0.15, 0.2) is 65.1 Å². The summed E-state index contributed by atoms with van der Waals surface area (Å²) in [6.45, 7) is 4.16. The molecule has 23 heavy (non-hydrogen) atoms. The summed E-state index contributed by atoms with van der Waals surface area (Å²) in [7, 11) is 0. The highest BCUT2D eigenvalue weighted by molar-refractivity contribution is 7.98. The number of rotatable bonds is 5. The van der Waals surface area contributed by atoms with Gasteiger partial charge in [-0.1, -0.05) is 71.4 Å². The summed E-state index contributed by atoms with van der Waals surface area (Å²) < 4.78 is 1.71. The van der Waals surface area contributed by atoms with Crippen LogP contribution < -0.4 is 0 Å². The Labute approximate surface area is 140 Å². The molecular weight excluding hydrogens is 304 g/mol. The molecule has 116 valence electrons. The van der Waals surface area contributed by atoms with Crippen molar-refractivity contribution >= 4 is 18.0 Å². The second-order valence-electron chi connectivity index (χ2n) is 5.39. The molecule has 0 N–H and O–H groups in total. The van der Waals surface area contributed by atoms with E-state index in [1.807, 2.05) is 18.3 Å². The van der Waals surface area contributed by atoms with Crippen molar-refractivity contribution in [2.24, 2.45) is 5.10 Å². The normalized spacial score (nSPS) is 11.2. The van der Waals surface area contributed by atoms with Crippen molar-refractivity contribution in [3.63, 3.8) is 0 Å². The first-order chi connectivity index (χ1) is 11.2. The number of hydrogen-bond acceptors (Lipinski definition) is 4. The zero-order chi connectivity index (χ0) is 16.1. The van der Waals surface area contributed by atoms with E-state index < -0.39 is 0 Å². The average molecular weight is 322 g/mol. The molecule has 0 radical (unpaired) electrons. The minimum absolute atomic E-state index is 0.787. The van der Waals surface area contributed by atoms with Gasteiger partial charge in [0.2, 0.25) is 5.16 Å². The van der Waals surface area contributed by atoms with Crippen LogP contribution in [0, 0.1) is 13.8 Å². The van der Waals surface area contributed by atoms with E-state index in [4.69, 9.17) is 0 Å². The second-order valence-corrected chi connectivity index (χ2v) is 6.33. The predicted molar refractivity (Wildman–Crippen MR) is 94.9 cm³/mol. The number of aryl methyl sites for hydroxylation is 2. The Kier molecular flexibility index (Phi) is 4.88. The molecule has 4 nitrogen and oxygen atoms in total. The van der Waals surface area contributed by atoms with E-state index in [2.05, 4.69) is 65.5 Å². The zero-order valence-electron chi connectivity index (χ0n) is 13.2. The topological polar surface area (TPSA) is 43.1 Å². The quantitative estimate of drug-likeness (QED) is 0.525. The molecule has 0 amide bonds. The van der Waals surface area contributed by atoms with Crippen LogP contribution in [0.5, 0.6) is 0 Å². The molecule has 0 saturated heterocycles. The van der Waals surface area contributed by atoms with Gasteiger partial charge in [-0.25, -0.2) is 0 Å². The van der Waals surface area contributed by atoms with Crippen LogP contribution in [-0.4, -0.2) is 21.1 Å². The molecule has 0 bridgehead atoms. The van der Waals surface area contributed by atoms with Crippen LogP contribution in [0.25, 0.3) is 0 Å². The summed E-state index contributed by atoms with van der Waals surface area (Å²) >= 11 is 1.63. The largest absolute Gasteiger partial charge is 0.212 e. The van der Waals surface area contributed by atoms with Gasteiger partial charge in [0.05, 0.1) is 6.21 Å². The first-order valence-corrected chi connectivity index (χ1v) is 8.39. The molecule has 3 aromatic rings. The van der Waals surface area contributed by atoms with Crippen molar-refractivity contribution in [1.82, 2.24) is 14.9 Å². The van der Waals surface area contributed by atoms with Crippen molar-refractivity contribution in [3.8, 4) is 0 Å². The Morgan fingerprint density at radius 3 is 2.70 bits per heavy atom. The van der Waals surface area contributed by atoms with Gasteiger partial charge < -0.3 is 0 Å². The maximum absolute atomic E-state index is 4.45. The maximum atomic E-state index is 4.45. The maximum Gasteiger partial charge on any atom is 0.212 e. The second kappa shape index (κ2) is 7.24. The van der Waals surface area contributed by atoms with Crippen molar-refractivity contribution in [2.75, 3.05) is 0 Å². The van der Waals surface area contributed by atoms with E-state index in [-0.39, 0.29) is 0 Å². The molecule has 3 rings (SSSR count). The lowest BCUT2D eigenvalue weighted by atomic mass is 10.2. The highest BCUT2D eigenvalue weighted by atomic mass is 32.2. The standard InChI is InChI=1S/C18H18N4S/c1-14-6-8-16(9-7-14)12-23-18-21-19-13-22(18)20-11-17-5-3-4-15(2)10-17/h3-11,13H,12H2,1-2H3/b20-11-. The Morgan fingerprint density at radius 1 is 1.09 bits per heavy atom. The highest BCUT2D eigenvalue weighted by Crippen LogP contribution is 2.20. The Morgan fingerprint density at radius 2 is 1.91 bits per heavy atom.